The van der Waals surface area contributed by atoms with E-state index in [0.29, 0.717) is 11.3 Å². The SMILES string of the molecule is CC(=O)Nc1cccc(C(=O)NCC2(O)CCC2)c1. The molecular formula is C14H18N2O3. The highest BCUT2D eigenvalue weighted by Crippen LogP contribution is 2.30. The van der Waals surface area contributed by atoms with E-state index >= 15 is 0 Å². The van der Waals surface area contributed by atoms with E-state index in [0.717, 1.165) is 19.3 Å². The van der Waals surface area contributed by atoms with E-state index < -0.39 is 5.60 Å². The van der Waals surface area contributed by atoms with Crippen molar-refractivity contribution in [2.45, 2.75) is 31.8 Å². The Hall–Kier alpha value is -1.88. The van der Waals surface area contributed by atoms with E-state index in [2.05, 4.69) is 10.6 Å². The third-order valence-electron chi connectivity index (χ3n) is 3.31. The van der Waals surface area contributed by atoms with Gasteiger partial charge in [0, 0.05) is 24.7 Å². The summed E-state index contributed by atoms with van der Waals surface area (Å²) in [5.74, 6) is -0.422. The molecule has 0 unspecified atom stereocenters. The fraction of sp³-hybridized carbons (Fsp3) is 0.429. The molecule has 102 valence electrons. The number of anilines is 1. The standard InChI is InChI=1S/C14H18N2O3/c1-10(17)16-12-5-2-4-11(8-12)13(18)15-9-14(19)6-3-7-14/h2,4-5,8,19H,3,6-7,9H2,1H3,(H,15,18)(H,16,17). The third kappa shape index (κ3) is 3.54. The number of carbonyl (C=O) groups is 2. The zero-order chi connectivity index (χ0) is 13.9. The van der Waals surface area contributed by atoms with Crippen LogP contribution >= 0.6 is 0 Å². The van der Waals surface area contributed by atoms with Gasteiger partial charge in [0.05, 0.1) is 5.60 Å². The first-order valence-electron chi connectivity index (χ1n) is 6.37. The van der Waals surface area contributed by atoms with Gasteiger partial charge in [0.25, 0.3) is 5.91 Å². The number of aliphatic hydroxyl groups is 1. The third-order valence-corrected chi connectivity index (χ3v) is 3.31. The average Bonchev–Trinajstić information content (AvgIpc) is 2.33. The lowest BCUT2D eigenvalue weighted by Crippen LogP contribution is -2.47. The van der Waals surface area contributed by atoms with Gasteiger partial charge in [-0.05, 0) is 37.5 Å². The second-order valence-corrected chi connectivity index (χ2v) is 5.02. The van der Waals surface area contributed by atoms with Gasteiger partial charge < -0.3 is 15.7 Å². The summed E-state index contributed by atoms with van der Waals surface area (Å²) in [7, 11) is 0. The zero-order valence-electron chi connectivity index (χ0n) is 10.9. The molecule has 0 radical (unpaired) electrons. The first-order valence-corrected chi connectivity index (χ1v) is 6.37. The molecule has 0 aliphatic heterocycles. The maximum atomic E-state index is 11.9. The van der Waals surface area contributed by atoms with E-state index in [4.69, 9.17) is 0 Å². The number of amides is 2. The number of carbonyl (C=O) groups excluding carboxylic acids is 2. The second kappa shape index (κ2) is 5.40. The van der Waals surface area contributed by atoms with Gasteiger partial charge >= 0.3 is 0 Å². The molecule has 1 aliphatic rings. The van der Waals surface area contributed by atoms with Crippen LogP contribution in [0.15, 0.2) is 24.3 Å². The fourth-order valence-corrected chi connectivity index (χ4v) is 2.05. The molecule has 1 fully saturated rings. The summed E-state index contributed by atoms with van der Waals surface area (Å²) in [5.41, 5.74) is 0.321. The summed E-state index contributed by atoms with van der Waals surface area (Å²) in [4.78, 5) is 22.9. The minimum absolute atomic E-state index is 0.179. The van der Waals surface area contributed by atoms with Gasteiger partial charge in [-0.1, -0.05) is 6.07 Å². The van der Waals surface area contributed by atoms with Crippen molar-refractivity contribution in [1.82, 2.24) is 5.32 Å². The predicted molar refractivity (Wildman–Crippen MR) is 71.9 cm³/mol. The minimum Gasteiger partial charge on any atom is -0.388 e. The molecule has 1 saturated carbocycles. The molecule has 0 spiro atoms. The Kier molecular flexibility index (Phi) is 3.85. The van der Waals surface area contributed by atoms with Crippen molar-refractivity contribution in [2.24, 2.45) is 0 Å². The van der Waals surface area contributed by atoms with Gasteiger partial charge in [0.15, 0.2) is 0 Å². The van der Waals surface area contributed by atoms with Crippen molar-refractivity contribution in [2.75, 3.05) is 11.9 Å². The van der Waals surface area contributed by atoms with E-state index in [9.17, 15) is 14.7 Å². The quantitative estimate of drug-likeness (QED) is 0.765. The molecule has 1 aromatic rings. The summed E-state index contributed by atoms with van der Waals surface area (Å²) in [5, 5.41) is 15.3. The van der Waals surface area contributed by atoms with Crippen molar-refractivity contribution in [3.05, 3.63) is 29.8 Å². The second-order valence-electron chi connectivity index (χ2n) is 5.02. The number of rotatable bonds is 4. The van der Waals surface area contributed by atoms with Crippen LogP contribution in [0.25, 0.3) is 0 Å². The molecule has 2 rings (SSSR count). The van der Waals surface area contributed by atoms with Crippen molar-refractivity contribution in [1.29, 1.82) is 0 Å². The number of hydrogen-bond donors (Lipinski definition) is 3. The Morgan fingerprint density at radius 3 is 2.68 bits per heavy atom. The summed E-state index contributed by atoms with van der Waals surface area (Å²) in [6.07, 6.45) is 2.48. The largest absolute Gasteiger partial charge is 0.388 e. The molecule has 0 atom stereocenters. The minimum atomic E-state index is -0.731. The van der Waals surface area contributed by atoms with Crippen LogP contribution in [0.3, 0.4) is 0 Å². The maximum absolute atomic E-state index is 11.9. The zero-order valence-corrected chi connectivity index (χ0v) is 10.9. The highest BCUT2D eigenvalue weighted by Gasteiger charge is 2.34. The Bertz CT molecular complexity index is 495. The molecule has 5 nitrogen and oxygen atoms in total. The van der Waals surface area contributed by atoms with Crippen LogP contribution in [0.1, 0.15) is 36.5 Å². The van der Waals surface area contributed by atoms with Crippen LogP contribution in [0.5, 0.6) is 0 Å². The first kappa shape index (κ1) is 13.5. The summed E-state index contributed by atoms with van der Waals surface area (Å²) in [6, 6.07) is 6.71. The molecule has 0 heterocycles. The highest BCUT2D eigenvalue weighted by molar-refractivity contribution is 5.96. The van der Waals surface area contributed by atoms with Gasteiger partial charge in [-0.25, -0.2) is 0 Å². The first-order chi connectivity index (χ1) is 8.98. The molecule has 1 aliphatic carbocycles. The monoisotopic (exact) mass is 262 g/mol. The topological polar surface area (TPSA) is 78.4 Å². The molecule has 19 heavy (non-hydrogen) atoms. The molecule has 3 N–H and O–H groups in total. The molecule has 5 heteroatoms. The van der Waals surface area contributed by atoms with Gasteiger partial charge in [-0.2, -0.15) is 0 Å². The van der Waals surface area contributed by atoms with Crippen LogP contribution in [0.4, 0.5) is 5.69 Å². The lowest BCUT2D eigenvalue weighted by Gasteiger charge is -2.36. The Morgan fingerprint density at radius 1 is 1.37 bits per heavy atom. The summed E-state index contributed by atoms with van der Waals surface area (Å²) >= 11 is 0. The highest BCUT2D eigenvalue weighted by atomic mass is 16.3. The number of benzene rings is 1. The molecule has 2 amide bonds. The average molecular weight is 262 g/mol. The van der Waals surface area contributed by atoms with E-state index in [1.54, 1.807) is 24.3 Å². The van der Waals surface area contributed by atoms with E-state index in [1.165, 1.54) is 6.92 Å². The van der Waals surface area contributed by atoms with Crippen molar-refractivity contribution in [3.8, 4) is 0 Å². The maximum Gasteiger partial charge on any atom is 0.251 e. The van der Waals surface area contributed by atoms with Crippen LogP contribution in [0, 0.1) is 0 Å². The van der Waals surface area contributed by atoms with Crippen LogP contribution in [-0.4, -0.2) is 29.1 Å². The smallest absolute Gasteiger partial charge is 0.251 e. The summed E-state index contributed by atoms with van der Waals surface area (Å²) in [6.45, 7) is 1.69. The van der Waals surface area contributed by atoms with Crippen LogP contribution in [0.2, 0.25) is 0 Å². The Balaban J connectivity index is 1.96. The lowest BCUT2D eigenvalue weighted by atomic mass is 9.80. The van der Waals surface area contributed by atoms with Crippen molar-refractivity contribution < 1.29 is 14.7 Å². The number of hydrogen-bond acceptors (Lipinski definition) is 3. The van der Waals surface area contributed by atoms with E-state index in [-0.39, 0.29) is 18.4 Å². The van der Waals surface area contributed by atoms with Crippen molar-refractivity contribution >= 4 is 17.5 Å². The van der Waals surface area contributed by atoms with Crippen LogP contribution in [-0.2, 0) is 4.79 Å². The van der Waals surface area contributed by atoms with Gasteiger partial charge in [-0.15, -0.1) is 0 Å². The van der Waals surface area contributed by atoms with Crippen LogP contribution < -0.4 is 10.6 Å². The fourth-order valence-electron chi connectivity index (χ4n) is 2.05. The van der Waals surface area contributed by atoms with E-state index in [1.807, 2.05) is 0 Å². The summed E-state index contributed by atoms with van der Waals surface area (Å²) < 4.78 is 0. The molecule has 1 aromatic carbocycles. The molecule has 0 saturated heterocycles. The normalized spacial score (nSPS) is 16.3. The van der Waals surface area contributed by atoms with Gasteiger partial charge in [0.2, 0.25) is 5.91 Å². The van der Waals surface area contributed by atoms with Gasteiger partial charge in [-0.3, -0.25) is 9.59 Å². The molecule has 0 aromatic heterocycles. The van der Waals surface area contributed by atoms with Gasteiger partial charge in [0.1, 0.15) is 0 Å². The molecule has 0 bridgehead atoms. The Labute approximate surface area is 112 Å². The molecular weight excluding hydrogens is 244 g/mol. The number of nitrogens with one attached hydrogen (secondary N) is 2. The van der Waals surface area contributed by atoms with Crippen molar-refractivity contribution in [3.63, 3.8) is 0 Å². The Morgan fingerprint density at radius 2 is 2.11 bits per heavy atom. The lowest BCUT2D eigenvalue weighted by molar-refractivity contribution is -0.114. The predicted octanol–water partition coefficient (Wildman–Crippen LogP) is 1.29.